The van der Waals surface area contributed by atoms with Crippen LogP contribution >= 0.6 is 0 Å². The Bertz CT molecular complexity index is 222. The molecule has 2 aliphatic carbocycles. The van der Waals surface area contributed by atoms with Gasteiger partial charge in [0.25, 0.3) is 0 Å². The number of hydrogen-bond donors (Lipinski definition) is 2. The van der Waals surface area contributed by atoms with Crippen molar-refractivity contribution >= 4 is 0 Å². The van der Waals surface area contributed by atoms with E-state index in [0.29, 0.717) is 11.0 Å². The summed E-state index contributed by atoms with van der Waals surface area (Å²) in [5.74, 6) is 0. The quantitative estimate of drug-likeness (QED) is 0.745. The Balaban J connectivity index is 1.75. The summed E-state index contributed by atoms with van der Waals surface area (Å²) in [5, 5.41) is 3.83. The van der Waals surface area contributed by atoms with Crippen LogP contribution in [-0.4, -0.2) is 18.6 Å². The van der Waals surface area contributed by atoms with Crippen LogP contribution in [0.15, 0.2) is 0 Å². The third kappa shape index (κ3) is 3.03. The van der Waals surface area contributed by atoms with Gasteiger partial charge >= 0.3 is 0 Å². The average molecular weight is 238 g/mol. The highest BCUT2D eigenvalue weighted by molar-refractivity contribution is 4.95. The highest BCUT2D eigenvalue weighted by atomic mass is 15.0. The number of hydrogen-bond acceptors (Lipinski definition) is 2. The van der Waals surface area contributed by atoms with Gasteiger partial charge in [0.2, 0.25) is 0 Å². The second kappa shape index (κ2) is 5.71. The molecule has 0 saturated heterocycles. The van der Waals surface area contributed by atoms with Crippen LogP contribution in [0.2, 0.25) is 0 Å². The molecule has 2 saturated carbocycles. The van der Waals surface area contributed by atoms with Crippen molar-refractivity contribution in [3.63, 3.8) is 0 Å². The summed E-state index contributed by atoms with van der Waals surface area (Å²) in [4.78, 5) is 0. The van der Waals surface area contributed by atoms with Crippen LogP contribution in [-0.2, 0) is 0 Å². The zero-order valence-corrected chi connectivity index (χ0v) is 11.6. The maximum Gasteiger partial charge on any atom is 0.0178 e. The Hall–Kier alpha value is -0.0800. The minimum Gasteiger partial charge on any atom is -0.330 e. The van der Waals surface area contributed by atoms with Crippen molar-refractivity contribution in [1.29, 1.82) is 0 Å². The van der Waals surface area contributed by atoms with E-state index < -0.39 is 0 Å². The lowest BCUT2D eigenvalue weighted by Gasteiger charge is -2.44. The number of nitrogens with two attached hydrogens (primary N) is 1. The molecule has 0 unspecified atom stereocenters. The zero-order chi connectivity index (χ0) is 12.2. The molecule has 2 heteroatoms. The lowest BCUT2D eigenvalue weighted by Crippen LogP contribution is -2.51. The van der Waals surface area contributed by atoms with Crippen molar-refractivity contribution in [3.8, 4) is 0 Å². The highest BCUT2D eigenvalue weighted by Crippen LogP contribution is 2.39. The smallest absolute Gasteiger partial charge is 0.0178 e. The fourth-order valence-corrected chi connectivity index (χ4v) is 3.71. The SMILES string of the molecule is CCC1(NCCC2(CN)CCCCC2)CCC1. The molecule has 2 fully saturated rings. The summed E-state index contributed by atoms with van der Waals surface area (Å²) in [6, 6.07) is 0. The van der Waals surface area contributed by atoms with Crippen molar-refractivity contribution in [2.75, 3.05) is 13.1 Å². The highest BCUT2D eigenvalue weighted by Gasteiger charge is 2.36. The normalized spacial score (nSPS) is 26.5. The average Bonchev–Trinajstić information content (AvgIpc) is 2.34. The summed E-state index contributed by atoms with van der Waals surface area (Å²) < 4.78 is 0. The first-order valence-electron chi connectivity index (χ1n) is 7.69. The first kappa shape index (κ1) is 13.4. The van der Waals surface area contributed by atoms with Gasteiger partial charge in [0.05, 0.1) is 0 Å². The Kier molecular flexibility index (Phi) is 4.48. The Morgan fingerprint density at radius 1 is 1.00 bits per heavy atom. The van der Waals surface area contributed by atoms with Crippen LogP contribution in [0, 0.1) is 5.41 Å². The zero-order valence-electron chi connectivity index (χ0n) is 11.6. The minimum absolute atomic E-state index is 0.476. The molecule has 0 aliphatic heterocycles. The molecule has 0 atom stereocenters. The van der Waals surface area contributed by atoms with Gasteiger partial charge in [-0.15, -0.1) is 0 Å². The van der Waals surface area contributed by atoms with E-state index in [1.165, 1.54) is 70.8 Å². The molecule has 0 aromatic heterocycles. The molecule has 3 N–H and O–H groups in total. The molecule has 2 rings (SSSR count). The third-order valence-electron chi connectivity index (χ3n) is 5.49. The lowest BCUT2D eigenvalue weighted by atomic mass is 9.71. The van der Waals surface area contributed by atoms with E-state index in [1.807, 2.05) is 0 Å². The van der Waals surface area contributed by atoms with Crippen molar-refractivity contribution < 1.29 is 0 Å². The largest absolute Gasteiger partial charge is 0.330 e. The molecule has 0 bridgehead atoms. The number of rotatable bonds is 6. The van der Waals surface area contributed by atoms with Gasteiger partial charge in [0.1, 0.15) is 0 Å². The summed E-state index contributed by atoms with van der Waals surface area (Å²) >= 11 is 0. The molecular formula is C15H30N2. The molecule has 0 radical (unpaired) electrons. The Morgan fingerprint density at radius 3 is 2.18 bits per heavy atom. The fourth-order valence-electron chi connectivity index (χ4n) is 3.71. The molecule has 2 aliphatic rings. The first-order chi connectivity index (χ1) is 8.24. The van der Waals surface area contributed by atoms with Crippen LogP contribution in [0.3, 0.4) is 0 Å². The maximum atomic E-state index is 6.04. The van der Waals surface area contributed by atoms with E-state index in [1.54, 1.807) is 0 Å². The Labute approximate surface area is 107 Å². The van der Waals surface area contributed by atoms with Crippen LogP contribution in [0.4, 0.5) is 0 Å². The summed E-state index contributed by atoms with van der Waals surface area (Å²) in [6.07, 6.45) is 13.7. The van der Waals surface area contributed by atoms with E-state index in [2.05, 4.69) is 12.2 Å². The molecule has 2 nitrogen and oxygen atoms in total. The van der Waals surface area contributed by atoms with Gasteiger partial charge in [0.15, 0.2) is 0 Å². The molecule has 17 heavy (non-hydrogen) atoms. The van der Waals surface area contributed by atoms with Crippen LogP contribution in [0.5, 0.6) is 0 Å². The summed E-state index contributed by atoms with van der Waals surface area (Å²) in [7, 11) is 0. The Morgan fingerprint density at radius 2 is 1.71 bits per heavy atom. The van der Waals surface area contributed by atoms with Gasteiger partial charge in [-0.25, -0.2) is 0 Å². The van der Waals surface area contributed by atoms with Crippen molar-refractivity contribution in [2.24, 2.45) is 11.1 Å². The van der Waals surface area contributed by atoms with E-state index >= 15 is 0 Å². The molecule has 0 heterocycles. The number of nitrogens with one attached hydrogen (secondary N) is 1. The van der Waals surface area contributed by atoms with Crippen molar-refractivity contribution in [1.82, 2.24) is 5.32 Å². The topological polar surface area (TPSA) is 38.0 Å². The van der Waals surface area contributed by atoms with Gasteiger partial charge in [0, 0.05) is 5.54 Å². The predicted molar refractivity (Wildman–Crippen MR) is 74.1 cm³/mol. The maximum absolute atomic E-state index is 6.04. The van der Waals surface area contributed by atoms with Gasteiger partial charge in [-0.05, 0) is 63.5 Å². The standard InChI is InChI=1S/C15H30N2/c1-2-15(9-6-10-15)17-12-11-14(13-16)7-4-3-5-8-14/h17H,2-13,16H2,1H3. The van der Waals surface area contributed by atoms with E-state index in [0.717, 1.165) is 6.54 Å². The molecule has 0 spiro atoms. The van der Waals surface area contributed by atoms with E-state index in [9.17, 15) is 0 Å². The van der Waals surface area contributed by atoms with E-state index in [4.69, 9.17) is 5.73 Å². The van der Waals surface area contributed by atoms with Crippen molar-refractivity contribution in [3.05, 3.63) is 0 Å². The molecule has 100 valence electrons. The van der Waals surface area contributed by atoms with Gasteiger partial charge in [-0.2, -0.15) is 0 Å². The third-order valence-corrected chi connectivity index (χ3v) is 5.49. The van der Waals surface area contributed by atoms with Crippen LogP contribution in [0.25, 0.3) is 0 Å². The fraction of sp³-hybridized carbons (Fsp3) is 1.00. The van der Waals surface area contributed by atoms with Crippen molar-refractivity contribution in [2.45, 2.75) is 76.7 Å². The van der Waals surface area contributed by atoms with Crippen LogP contribution < -0.4 is 11.1 Å². The predicted octanol–water partition coefficient (Wildman–Crippen LogP) is 3.21. The molecule has 0 aromatic carbocycles. The first-order valence-corrected chi connectivity index (χ1v) is 7.69. The minimum atomic E-state index is 0.476. The molecule has 0 aromatic rings. The molecule has 0 amide bonds. The lowest BCUT2D eigenvalue weighted by molar-refractivity contribution is 0.142. The second-order valence-corrected chi connectivity index (χ2v) is 6.43. The van der Waals surface area contributed by atoms with Crippen LogP contribution in [0.1, 0.15) is 71.1 Å². The van der Waals surface area contributed by atoms with Gasteiger partial charge in [-0.1, -0.05) is 26.2 Å². The second-order valence-electron chi connectivity index (χ2n) is 6.43. The molecular weight excluding hydrogens is 208 g/mol. The van der Waals surface area contributed by atoms with Gasteiger partial charge in [-0.3, -0.25) is 0 Å². The summed E-state index contributed by atoms with van der Waals surface area (Å²) in [5.41, 5.74) is 7.02. The monoisotopic (exact) mass is 238 g/mol. The van der Waals surface area contributed by atoms with Gasteiger partial charge < -0.3 is 11.1 Å². The summed E-state index contributed by atoms with van der Waals surface area (Å²) in [6.45, 7) is 4.41. The van der Waals surface area contributed by atoms with E-state index in [-0.39, 0.29) is 0 Å².